The molecule has 1 aromatic heterocycles. The van der Waals surface area contributed by atoms with E-state index in [-0.39, 0.29) is 11.4 Å². The lowest BCUT2D eigenvalue weighted by atomic mass is 10.1. The predicted octanol–water partition coefficient (Wildman–Crippen LogP) is 4.52. The maximum atomic E-state index is 12.1. The first kappa shape index (κ1) is 23.9. The smallest absolute Gasteiger partial charge is 0.329 e. The van der Waals surface area contributed by atoms with E-state index in [1.807, 2.05) is 30.3 Å². The molecule has 180 valence electrons. The molecule has 0 aliphatic carbocycles. The molecular formula is C26H20N4O6. The van der Waals surface area contributed by atoms with E-state index < -0.39 is 16.7 Å². The number of hydrazone groups is 1. The predicted molar refractivity (Wildman–Crippen MR) is 132 cm³/mol. The van der Waals surface area contributed by atoms with Crippen LogP contribution in [0.5, 0.6) is 5.75 Å². The zero-order chi connectivity index (χ0) is 25.3. The van der Waals surface area contributed by atoms with Crippen molar-refractivity contribution in [3.63, 3.8) is 0 Å². The van der Waals surface area contributed by atoms with Crippen LogP contribution in [0.25, 0.3) is 11.3 Å². The highest BCUT2D eigenvalue weighted by Crippen LogP contribution is 2.25. The Balaban J connectivity index is 1.26. The summed E-state index contributed by atoms with van der Waals surface area (Å²) in [5.41, 5.74) is 4.02. The minimum absolute atomic E-state index is 0.0632. The van der Waals surface area contributed by atoms with E-state index in [9.17, 15) is 19.7 Å². The largest absolute Gasteiger partial charge is 0.489 e. The Hall–Kier alpha value is -5.25. The van der Waals surface area contributed by atoms with Crippen LogP contribution in [-0.2, 0) is 16.2 Å². The van der Waals surface area contributed by atoms with Crippen LogP contribution >= 0.6 is 0 Å². The molecular weight excluding hydrogens is 464 g/mol. The summed E-state index contributed by atoms with van der Waals surface area (Å²) in [5, 5.41) is 17.1. The summed E-state index contributed by atoms with van der Waals surface area (Å²) in [4.78, 5) is 34.6. The molecule has 0 aliphatic rings. The first-order valence-corrected chi connectivity index (χ1v) is 10.7. The van der Waals surface area contributed by atoms with E-state index in [0.29, 0.717) is 29.4 Å². The number of benzene rings is 3. The van der Waals surface area contributed by atoms with Crippen LogP contribution in [0.1, 0.15) is 11.3 Å². The van der Waals surface area contributed by atoms with Gasteiger partial charge >= 0.3 is 11.8 Å². The lowest BCUT2D eigenvalue weighted by Gasteiger charge is -2.08. The number of hydrogen-bond acceptors (Lipinski definition) is 7. The van der Waals surface area contributed by atoms with Crippen LogP contribution in [0.3, 0.4) is 0 Å². The second kappa shape index (κ2) is 11.3. The number of nitro groups is 1. The Kier molecular flexibility index (Phi) is 7.47. The van der Waals surface area contributed by atoms with Crippen molar-refractivity contribution in [1.82, 2.24) is 5.43 Å². The quantitative estimate of drug-likeness (QED) is 0.163. The van der Waals surface area contributed by atoms with E-state index in [1.54, 1.807) is 48.5 Å². The molecule has 2 N–H and O–H groups in total. The second-order valence-corrected chi connectivity index (χ2v) is 7.46. The summed E-state index contributed by atoms with van der Waals surface area (Å²) >= 11 is 0. The zero-order valence-corrected chi connectivity index (χ0v) is 18.8. The number of amides is 2. The van der Waals surface area contributed by atoms with Gasteiger partial charge in [0.05, 0.1) is 11.1 Å². The number of nitro benzene ring substituents is 1. The molecule has 10 nitrogen and oxygen atoms in total. The number of furan rings is 1. The number of nitrogens with one attached hydrogen (secondary N) is 2. The van der Waals surface area contributed by atoms with Crippen LogP contribution in [-0.4, -0.2) is 23.0 Å². The molecule has 0 saturated carbocycles. The highest BCUT2D eigenvalue weighted by Gasteiger charge is 2.13. The topological polar surface area (TPSA) is 136 Å². The Labute approximate surface area is 205 Å². The minimum atomic E-state index is -0.971. The van der Waals surface area contributed by atoms with E-state index >= 15 is 0 Å². The van der Waals surface area contributed by atoms with Gasteiger partial charge in [-0.2, -0.15) is 5.10 Å². The summed E-state index contributed by atoms with van der Waals surface area (Å²) < 4.78 is 11.3. The number of nitrogens with zero attached hydrogens (tertiary/aromatic N) is 2. The van der Waals surface area contributed by atoms with Crippen LogP contribution in [0.15, 0.2) is 101 Å². The number of rotatable bonds is 8. The highest BCUT2D eigenvalue weighted by atomic mass is 16.6. The van der Waals surface area contributed by atoms with Gasteiger partial charge < -0.3 is 14.5 Å². The van der Waals surface area contributed by atoms with E-state index in [1.165, 1.54) is 18.3 Å². The number of carbonyl (C=O) groups is 2. The van der Waals surface area contributed by atoms with Gasteiger partial charge in [-0.15, -0.1) is 0 Å². The van der Waals surface area contributed by atoms with E-state index in [4.69, 9.17) is 9.15 Å². The molecule has 4 rings (SSSR count). The number of hydrogen-bond donors (Lipinski definition) is 2. The van der Waals surface area contributed by atoms with Crippen molar-refractivity contribution in [2.24, 2.45) is 5.10 Å². The molecule has 0 bridgehead atoms. The van der Waals surface area contributed by atoms with Gasteiger partial charge in [0.2, 0.25) is 0 Å². The zero-order valence-electron chi connectivity index (χ0n) is 18.8. The van der Waals surface area contributed by atoms with Crippen LogP contribution in [0, 0.1) is 10.1 Å². The third-order valence-electron chi connectivity index (χ3n) is 4.89. The number of anilines is 1. The van der Waals surface area contributed by atoms with Gasteiger partial charge in [-0.3, -0.25) is 19.7 Å². The van der Waals surface area contributed by atoms with Gasteiger partial charge in [0, 0.05) is 23.4 Å². The van der Waals surface area contributed by atoms with Crippen molar-refractivity contribution in [3.8, 4) is 17.1 Å². The fourth-order valence-electron chi connectivity index (χ4n) is 3.12. The fraction of sp³-hybridized carbons (Fsp3) is 0.0385. The second-order valence-electron chi connectivity index (χ2n) is 7.46. The number of carbonyl (C=O) groups excluding carboxylic acids is 2. The molecule has 0 atom stereocenters. The Morgan fingerprint density at radius 2 is 1.72 bits per heavy atom. The normalized spacial score (nSPS) is 10.7. The fourth-order valence-corrected chi connectivity index (χ4v) is 3.12. The lowest BCUT2D eigenvalue weighted by Crippen LogP contribution is -2.32. The molecule has 0 radical (unpaired) electrons. The molecule has 0 fully saturated rings. The number of non-ortho nitro benzene ring substituents is 1. The molecule has 1 heterocycles. The van der Waals surface area contributed by atoms with Gasteiger partial charge in [-0.05, 0) is 42.0 Å². The Morgan fingerprint density at radius 1 is 0.944 bits per heavy atom. The summed E-state index contributed by atoms with van der Waals surface area (Å²) in [6.07, 6.45) is 1.21. The Morgan fingerprint density at radius 3 is 2.47 bits per heavy atom. The molecule has 0 unspecified atom stereocenters. The van der Waals surface area contributed by atoms with Gasteiger partial charge in [0.25, 0.3) is 5.69 Å². The summed E-state index contributed by atoms with van der Waals surface area (Å²) in [5.74, 6) is -0.583. The van der Waals surface area contributed by atoms with Gasteiger partial charge in [-0.25, -0.2) is 5.43 Å². The first-order valence-electron chi connectivity index (χ1n) is 10.7. The third kappa shape index (κ3) is 6.41. The summed E-state index contributed by atoms with van der Waals surface area (Å²) in [7, 11) is 0. The maximum Gasteiger partial charge on any atom is 0.329 e. The molecule has 4 aromatic rings. The SMILES string of the molecule is O=C(N/N=C/c1ccc(-c2cccc([N+](=O)[O-])c2)o1)C(=O)Nc1ccc(OCc2ccccc2)cc1. The average molecular weight is 484 g/mol. The highest BCUT2D eigenvalue weighted by molar-refractivity contribution is 6.39. The van der Waals surface area contributed by atoms with Crippen molar-refractivity contribution in [3.05, 3.63) is 112 Å². The molecule has 36 heavy (non-hydrogen) atoms. The summed E-state index contributed by atoms with van der Waals surface area (Å²) in [6.45, 7) is 0.412. The maximum absolute atomic E-state index is 12.1. The van der Waals surface area contributed by atoms with Crippen molar-refractivity contribution >= 4 is 29.4 Å². The average Bonchev–Trinajstić information content (AvgIpc) is 3.38. The molecule has 10 heteroatoms. The van der Waals surface area contributed by atoms with Crippen molar-refractivity contribution in [1.29, 1.82) is 0 Å². The Bertz CT molecular complexity index is 1400. The lowest BCUT2D eigenvalue weighted by molar-refractivity contribution is -0.384. The molecule has 0 aliphatic heterocycles. The molecule has 0 spiro atoms. The third-order valence-corrected chi connectivity index (χ3v) is 4.89. The van der Waals surface area contributed by atoms with Crippen LogP contribution in [0.4, 0.5) is 11.4 Å². The van der Waals surface area contributed by atoms with Gasteiger partial charge in [0.1, 0.15) is 23.9 Å². The van der Waals surface area contributed by atoms with Crippen molar-refractivity contribution in [2.45, 2.75) is 6.61 Å². The van der Waals surface area contributed by atoms with Crippen molar-refractivity contribution < 1.29 is 23.7 Å². The van der Waals surface area contributed by atoms with Crippen molar-refractivity contribution in [2.75, 3.05) is 5.32 Å². The van der Waals surface area contributed by atoms with E-state index in [2.05, 4.69) is 15.8 Å². The molecule has 0 saturated heterocycles. The molecule has 3 aromatic carbocycles. The first-order chi connectivity index (χ1) is 17.5. The monoisotopic (exact) mass is 484 g/mol. The molecule has 2 amide bonds. The van der Waals surface area contributed by atoms with E-state index in [0.717, 1.165) is 5.56 Å². The van der Waals surface area contributed by atoms with Gasteiger partial charge in [-0.1, -0.05) is 42.5 Å². The number of ether oxygens (including phenoxy) is 1. The van der Waals surface area contributed by atoms with Crippen LogP contribution in [0.2, 0.25) is 0 Å². The minimum Gasteiger partial charge on any atom is -0.489 e. The van der Waals surface area contributed by atoms with Crippen LogP contribution < -0.4 is 15.5 Å². The summed E-state index contributed by atoms with van der Waals surface area (Å²) in [6, 6.07) is 25.5. The van der Waals surface area contributed by atoms with Gasteiger partial charge in [0.15, 0.2) is 0 Å². The standard InChI is InChI=1S/C26H20N4O6/c31-25(28-20-9-11-22(12-10-20)35-17-18-5-2-1-3-6-18)26(32)29-27-16-23-13-14-24(36-23)19-7-4-8-21(15-19)30(33)34/h1-16H,17H2,(H,28,31)(H,29,32)/b27-16+.